The normalized spacial score (nSPS) is 17.7. The molecular formula is C65H76O8. The van der Waals surface area contributed by atoms with Gasteiger partial charge in [0.1, 0.15) is 23.0 Å². The molecule has 384 valence electrons. The summed E-state index contributed by atoms with van der Waals surface area (Å²) >= 11 is 0. The lowest BCUT2D eigenvalue weighted by molar-refractivity contribution is 0.105. The van der Waals surface area contributed by atoms with Crippen molar-refractivity contribution in [3.63, 3.8) is 0 Å². The largest absolute Gasteiger partial charge is 0.507 e. The van der Waals surface area contributed by atoms with Crippen LogP contribution in [0, 0.1) is 13.8 Å². The summed E-state index contributed by atoms with van der Waals surface area (Å²) in [4.78, 5) is 0. The molecule has 3 fully saturated rings. The summed E-state index contributed by atoms with van der Waals surface area (Å²) in [6, 6.07) is 32.7. The Balaban J connectivity index is 1.09. The van der Waals surface area contributed by atoms with Gasteiger partial charge < -0.3 is 39.4 Å². The predicted octanol–water partition coefficient (Wildman–Crippen LogP) is 15.0. The zero-order chi connectivity index (χ0) is 50.9. The second-order valence-electron chi connectivity index (χ2n) is 22.0. The summed E-state index contributed by atoms with van der Waals surface area (Å²) in [6.07, 6.45) is 16.9. The highest BCUT2D eigenvalue weighted by atomic mass is 16.5. The van der Waals surface area contributed by atoms with Gasteiger partial charge in [-0.1, -0.05) is 125 Å². The van der Waals surface area contributed by atoms with E-state index in [0.717, 1.165) is 137 Å². The molecule has 10 rings (SSSR count). The van der Waals surface area contributed by atoms with Gasteiger partial charge in [0.25, 0.3) is 0 Å². The first-order valence-corrected chi connectivity index (χ1v) is 27.2. The number of aromatic hydroxyl groups is 4. The van der Waals surface area contributed by atoms with Crippen LogP contribution in [-0.2, 0) is 62.8 Å². The zero-order valence-electron chi connectivity index (χ0n) is 43.9. The van der Waals surface area contributed by atoms with Crippen molar-refractivity contribution in [2.75, 3.05) is 21.3 Å². The fourth-order valence-electron chi connectivity index (χ4n) is 14.0. The van der Waals surface area contributed by atoms with E-state index in [4.69, 9.17) is 18.9 Å². The summed E-state index contributed by atoms with van der Waals surface area (Å²) in [5.41, 5.74) is 15.4. The number of benzene rings is 6. The third kappa shape index (κ3) is 9.25. The zero-order valence-corrected chi connectivity index (χ0v) is 43.9. The van der Waals surface area contributed by atoms with Crippen molar-refractivity contribution in [2.24, 2.45) is 0 Å². The Labute approximate surface area is 433 Å². The second kappa shape index (κ2) is 21.7. The van der Waals surface area contributed by atoms with E-state index in [0.29, 0.717) is 41.8 Å². The van der Waals surface area contributed by atoms with E-state index >= 15 is 0 Å². The molecule has 0 amide bonds. The molecule has 6 aromatic carbocycles. The average molecular weight is 985 g/mol. The van der Waals surface area contributed by atoms with E-state index in [1.165, 1.54) is 43.2 Å². The number of phenolic OH excluding ortho intramolecular Hbond substituents is 4. The summed E-state index contributed by atoms with van der Waals surface area (Å²) in [6.45, 7) is 5.26. The van der Waals surface area contributed by atoms with E-state index in [1.54, 1.807) is 21.3 Å². The molecule has 6 aromatic rings. The van der Waals surface area contributed by atoms with Crippen molar-refractivity contribution in [3.05, 3.63) is 174 Å². The van der Waals surface area contributed by atoms with Crippen molar-refractivity contribution in [1.82, 2.24) is 0 Å². The van der Waals surface area contributed by atoms with Crippen LogP contribution in [0.25, 0.3) is 11.1 Å². The Hall–Kier alpha value is -5.64. The number of aryl methyl sites for hydroxylation is 2. The van der Waals surface area contributed by atoms with Crippen LogP contribution in [0.5, 0.6) is 23.0 Å². The Kier molecular flexibility index (Phi) is 15.1. The van der Waals surface area contributed by atoms with Gasteiger partial charge in [0.05, 0.1) is 38.4 Å². The lowest BCUT2D eigenvalue weighted by atomic mass is 9.63. The Bertz CT molecular complexity index is 2890. The van der Waals surface area contributed by atoms with E-state index in [9.17, 15) is 20.4 Å². The van der Waals surface area contributed by atoms with Crippen LogP contribution in [0.4, 0.5) is 0 Å². The van der Waals surface area contributed by atoms with Gasteiger partial charge in [0.15, 0.2) is 0 Å². The van der Waals surface area contributed by atoms with Gasteiger partial charge in [-0.2, -0.15) is 0 Å². The smallest absolute Gasteiger partial charge is 0.124 e. The highest BCUT2D eigenvalue weighted by molar-refractivity contribution is 5.88. The molecule has 0 unspecified atom stereocenters. The molecule has 4 aliphatic carbocycles. The number of hydrogen-bond donors (Lipinski definition) is 4. The standard InChI is InChI=1S/C65H76O8/c1-41-28-52(32-46(36-70-3)60(41)66)65(53-29-42(2)61(67)47(33-53)37-71-4)57-24-14-13-23-54(57)59-45(22-17-25-58(59)65)39-73-40-49-31-51(35-56(63(49)69)44-20-11-7-12-21-44)64(26-15-8-16-27-64)50-30-48(38-72-5)62(68)55(34-50)43-18-9-6-10-19-43/h13-14,17,22-25,28-35,43-44,66-69H,6-12,15-16,18-21,26-27,36-40H2,1-5H3. The average Bonchev–Trinajstić information content (AvgIpc) is 3.72. The van der Waals surface area contributed by atoms with Gasteiger partial charge in [-0.3, -0.25) is 0 Å². The van der Waals surface area contributed by atoms with E-state index in [2.05, 4.69) is 91.0 Å². The predicted molar refractivity (Wildman–Crippen MR) is 289 cm³/mol. The van der Waals surface area contributed by atoms with Gasteiger partial charge in [-0.15, -0.1) is 0 Å². The first-order chi connectivity index (χ1) is 35.5. The number of rotatable bonds is 16. The molecule has 0 atom stereocenters. The van der Waals surface area contributed by atoms with Crippen molar-refractivity contribution in [3.8, 4) is 34.1 Å². The molecule has 0 spiro atoms. The first-order valence-electron chi connectivity index (χ1n) is 27.2. The molecule has 0 heterocycles. The minimum absolute atomic E-state index is 0.216. The Morgan fingerprint density at radius 2 is 0.877 bits per heavy atom. The van der Waals surface area contributed by atoms with Crippen molar-refractivity contribution < 1.29 is 39.4 Å². The number of methoxy groups -OCH3 is 3. The van der Waals surface area contributed by atoms with Crippen LogP contribution in [0.2, 0.25) is 0 Å². The van der Waals surface area contributed by atoms with E-state index in [-0.39, 0.29) is 42.7 Å². The quantitative estimate of drug-likeness (QED) is 0.0756. The topological polar surface area (TPSA) is 118 Å². The SMILES string of the molecule is COCc1cc(C2(c3cc(C)c(O)c(COC)c3)c3ccccc3-c3c(COCc4cc(C5(c6cc(COC)c(O)c(C7CCCCC7)c6)CCCCC5)cc(C5CCCCC5)c4O)cccc32)cc(C)c1O. The maximum atomic E-state index is 12.5. The lowest BCUT2D eigenvalue weighted by Crippen LogP contribution is -2.31. The number of ether oxygens (including phenoxy) is 4. The molecule has 0 saturated heterocycles. The number of hydrogen-bond acceptors (Lipinski definition) is 8. The van der Waals surface area contributed by atoms with Crippen LogP contribution < -0.4 is 0 Å². The molecule has 4 aliphatic rings. The van der Waals surface area contributed by atoms with E-state index < -0.39 is 5.41 Å². The maximum Gasteiger partial charge on any atom is 0.124 e. The summed E-state index contributed by atoms with van der Waals surface area (Å²) in [5.74, 6) is 1.81. The molecule has 0 aromatic heterocycles. The molecule has 4 N–H and O–H groups in total. The van der Waals surface area contributed by atoms with Gasteiger partial charge in [0.2, 0.25) is 0 Å². The summed E-state index contributed by atoms with van der Waals surface area (Å²) in [7, 11) is 5.01. The maximum absolute atomic E-state index is 12.5. The van der Waals surface area contributed by atoms with E-state index in [1.807, 2.05) is 13.8 Å². The van der Waals surface area contributed by atoms with Crippen LogP contribution >= 0.6 is 0 Å². The summed E-state index contributed by atoms with van der Waals surface area (Å²) in [5, 5.41) is 47.1. The molecule has 8 heteroatoms. The number of phenols is 4. The van der Waals surface area contributed by atoms with Crippen LogP contribution in [0.15, 0.2) is 91.0 Å². The fraction of sp³-hybridized carbons (Fsp3) is 0.446. The summed E-state index contributed by atoms with van der Waals surface area (Å²) < 4.78 is 24.0. The van der Waals surface area contributed by atoms with Crippen molar-refractivity contribution in [2.45, 2.75) is 166 Å². The molecule has 3 saturated carbocycles. The third-order valence-corrected chi connectivity index (χ3v) is 17.5. The Morgan fingerprint density at radius 1 is 0.438 bits per heavy atom. The van der Waals surface area contributed by atoms with Crippen LogP contribution in [-0.4, -0.2) is 41.8 Å². The monoisotopic (exact) mass is 985 g/mol. The first kappa shape index (κ1) is 50.9. The molecule has 0 bridgehead atoms. The highest BCUT2D eigenvalue weighted by Crippen LogP contribution is 2.59. The molecule has 0 radical (unpaired) electrons. The van der Waals surface area contributed by atoms with Crippen molar-refractivity contribution in [1.29, 1.82) is 0 Å². The second-order valence-corrected chi connectivity index (χ2v) is 22.0. The highest BCUT2D eigenvalue weighted by Gasteiger charge is 2.48. The Morgan fingerprint density at radius 3 is 1.40 bits per heavy atom. The molecule has 73 heavy (non-hydrogen) atoms. The molecule has 0 aliphatic heterocycles. The minimum Gasteiger partial charge on any atom is -0.507 e. The number of fused-ring (bicyclic) bond motifs is 3. The van der Waals surface area contributed by atoms with Crippen LogP contribution in [0.1, 0.15) is 192 Å². The van der Waals surface area contributed by atoms with Gasteiger partial charge in [-0.25, -0.2) is 0 Å². The lowest BCUT2D eigenvalue weighted by Gasteiger charge is -2.41. The van der Waals surface area contributed by atoms with Crippen molar-refractivity contribution >= 4 is 0 Å². The molecular weight excluding hydrogens is 909 g/mol. The van der Waals surface area contributed by atoms with Gasteiger partial charge in [0, 0.05) is 49.0 Å². The third-order valence-electron chi connectivity index (χ3n) is 17.5. The minimum atomic E-state index is -0.853. The van der Waals surface area contributed by atoms with Gasteiger partial charge in [-0.05, 0) is 161 Å². The molecule has 8 nitrogen and oxygen atoms in total. The fourth-order valence-corrected chi connectivity index (χ4v) is 14.0. The van der Waals surface area contributed by atoms with Crippen LogP contribution in [0.3, 0.4) is 0 Å². The van der Waals surface area contributed by atoms with Gasteiger partial charge >= 0.3 is 0 Å².